The van der Waals surface area contributed by atoms with E-state index in [4.69, 9.17) is 27.9 Å². The monoisotopic (exact) mass is 325 g/mol. The molecule has 110 valence electrons. The highest BCUT2D eigenvalue weighted by Gasteiger charge is 2.22. The molecule has 0 aliphatic rings. The molecule has 0 radical (unpaired) electrons. The lowest BCUT2D eigenvalue weighted by atomic mass is 10.0. The number of nitrogens with zero attached hydrogens (tertiary/aromatic N) is 1. The first kappa shape index (κ1) is 15.8. The Morgan fingerprint density at radius 1 is 1.19 bits per heavy atom. The van der Waals surface area contributed by atoms with Crippen LogP contribution in [0.15, 0.2) is 36.5 Å². The summed E-state index contributed by atoms with van der Waals surface area (Å²) in [6, 6.07) is 8.79. The molecule has 2 rings (SSSR count). The molecule has 0 fully saturated rings. The Morgan fingerprint density at radius 2 is 1.86 bits per heavy atom. The highest BCUT2D eigenvalue weighted by atomic mass is 35.5. The third-order valence-electron chi connectivity index (χ3n) is 3.05. The number of methoxy groups -OCH3 is 1. The number of benzene rings is 1. The lowest BCUT2D eigenvalue weighted by Crippen LogP contribution is -2.16. The van der Waals surface area contributed by atoms with Crippen LogP contribution >= 0.6 is 23.2 Å². The van der Waals surface area contributed by atoms with E-state index in [0.29, 0.717) is 23.7 Å². The number of carbonyl (C=O) groups excluding carboxylic acids is 2. The first-order valence-corrected chi connectivity index (χ1v) is 6.98. The maximum atomic E-state index is 12.1. The first-order valence-electron chi connectivity index (χ1n) is 6.22. The van der Waals surface area contributed by atoms with Crippen molar-refractivity contribution in [3.8, 4) is 11.1 Å². The Kier molecular flexibility index (Phi) is 5.17. The van der Waals surface area contributed by atoms with Crippen molar-refractivity contribution in [2.24, 2.45) is 0 Å². The van der Waals surface area contributed by atoms with Crippen molar-refractivity contribution < 1.29 is 14.3 Å². The molecule has 4 nitrogen and oxygen atoms in total. The Hall–Kier alpha value is -1.62. The topological polar surface area (TPSA) is 48.3 Å². The minimum Gasteiger partial charge on any atom is -0.383 e. The molecule has 0 aliphatic heterocycles. The van der Waals surface area contributed by atoms with Gasteiger partial charge in [0.2, 0.25) is 0 Å². The molecule has 0 spiro atoms. The summed E-state index contributed by atoms with van der Waals surface area (Å²) >= 11 is 11.2. The zero-order chi connectivity index (χ0) is 15.4. The number of carbonyl (C=O) groups is 2. The standard InChI is InChI=1S/C15H13Cl2NO3/c1-21-9-8-18-7-6-12(13(18)14(19)15(17)20)10-2-4-11(16)5-3-10/h2-7H,8-9H2,1H3. The van der Waals surface area contributed by atoms with Gasteiger partial charge in [-0.05, 0) is 35.4 Å². The third-order valence-corrected chi connectivity index (χ3v) is 3.47. The molecule has 1 aromatic heterocycles. The molecule has 6 heteroatoms. The summed E-state index contributed by atoms with van der Waals surface area (Å²) in [4.78, 5) is 23.3. The van der Waals surface area contributed by atoms with E-state index in [2.05, 4.69) is 0 Å². The third kappa shape index (κ3) is 3.53. The van der Waals surface area contributed by atoms with Crippen molar-refractivity contribution in [1.29, 1.82) is 0 Å². The quantitative estimate of drug-likeness (QED) is 0.464. The number of aromatic nitrogens is 1. The summed E-state index contributed by atoms with van der Waals surface area (Å²) in [5.74, 6) is -0.734. The van der Waals surface area contributed by atoms with Crippen LogP contribution in [-0.2, 0) is 16.1 Å². The SMILES string of the molecule is COCCn1ccc(-c2ccc(Cl)cc2)c1C(=O)C(=O)Cl. The Morgan fingerprint density at radius 3 is 2.43 bits per heavy atom. The number of rotatable bonds is 6. The molecule has 21 heavy (non-hydrogen) atoms. The van der Waals surface area contributed by atoms with E-state index in [1.165, 1.54) is 0 Å². The van der Waals surface area contributed by atoms with Crippen LogP contribution in [0, 0.1) is 0 Å². The van der Waals surface area contributed by atoms with Crippen molar-refractivity contribution >= 4 is 34.2 Å². The highest BCUT2D eigenvalue weighted by molar-refractivity contribution is 6.83. The fraction of sp³-hybridized carbons (Fsp3) is 0.200. The number of halogens is 2. The number of ketones is 1. The van der Waals surface area contributed by atoms with Crippen LogP contribution in [0.2, 0.25) is 5.02 Å². The molecular weight excluding hydrogens is 313 g/mol. The van der Waals surface area contributed by atoms with Gasteiger partial charge in [-0.15, -0.1) is 0 Å². The summed E-state index contributed by atoms with van der Waals surface area (Å²) in [5, 5.41) is -0.415. The lowest BCUT2D eigenvalue weighted by molar-refractivity contribution is -0.108. The van der Waals surface area contributed by atoms with Crippen molar-refractivity contribution in [2.45, 2.75) is 6.54 Å². The molecule has 1 aromatic carbocycles. The molecule has 0 saturated heterocycles. The maximum Gasteiger partial charge on any atom is 0.294 e. The van der Waals surface area contributed by atoms with Crippen molar-refractivity contribution in [2.75, 3.05) is 13.7 Å². The van der Waals surface area contributed by atoms with Crippen molar-refractivity contribution in [1.82, 2.24) is 4.57 Å². The van der Waals surface area contributed by atoms with Crippen LogP contribution in [0.5, 0.6) is 0 Å². The molecule has 0 bridgehead atoms. The Bertz CT molecular complexity index is 662. The second-order valence-corrected chi connectivity index (χ2v) is 5.15. The van der Waals surface area contributed by atoms with Crippen LogP contribution in [0.3, 0.4) is 0 Å². The number of ether oxygens (including phenoxy) is 1. The van der Waals surface area contributed by atoms with Gasteiger partial charge in [-0.3, -0.25) is 9.59 Å². The van der Waals surface area contributed by atoms with Gasteiger partial charge in [0.1, 0.15) is 5.69 Å². The molecule has 2 aromatic rings. The minimum atomic E-state index is -1.01. The van der Waals surface area contributed by atoms with Gasteiger partial charge in [-0.25, -0.2) is 0 Å². The number of hydrogen-bond donors (Lipinski definition) is 0. The van der Waals surface area contributed by atoms with Gasteiger partial charge < -0.3 is 9.30 Å². The second-order valence-electron chi connectivity index (χ2n) is 4.37. The van der Waals surface area contributed by atoms with E-state index >= 15 is 0 Å². The first-order chi connectivity index (χ1) is 10.0. The summed E-state index contributed by atoms with van der Waals surface area (Å²) in [6.45, 7) is 0.876. The van der Waals surface area contributed by atoms with Gasteiger partial charge in [0.25, 0.3) is 11.0 Å². The van der Waals surface area contributed by atoms with E-state index in [-0.39, 0.29) is 5.69 Å². The number of hydrogen-bond acceptors (Lipinski definition) is 3. The molecule has 0 amide bonds. The largest absolute Gasteiger partial charge is 0.383 e. The predicted molar refractivity (Wildman–Crippen MR) is 81.9 cm³/mol. The molecule has 0 saturated carbocycles. The average molecular weight is 326 g/mol. The molecule has 0 N–H and O–H groups in total. The lowest BCUT2D eigenvalue weighted by Gasteiger charge is -2.09. The van der Waals surface area contributed by atoms with Gasteiger partial charge in [0.05, 0.1) is 6.61 Å². The maximum absolute atomic E-state index is 12.1. The van der Waals surface area contributed by atoms with Gasteiger partial charge in [0, 0.05) is 30.4 Å². The average Bonchev–Trinajstić information content (AvgIpc) is 2.88. The smallest absolute Gasteiger partial charge is 0.294 e. The molecular formula is C15H13Cl2NO3. The fourth-order valence-electron chi connectivity index (χ4n) is 2.06. The number of Topliss-reactive ketones (excluding diaryl/α,β-unsaturated/α-hetero) is 1. The molecule has 0 aliphatic carbocycles. The van der Waals surface area contributed by atoms with Crippen LogP contribution in [0.1, 0.15) is 10.5 Å². The molecule has 0 unspecified atom stereocenters. The Labute approximate surface area is 132 Å². The van der Waals surface area contributed by atoms with Crippen LogP contribution in [0.25, 0.3) is 11.1 Å². The van der Waals surface area contributed by atoms with Crippen LogP contribution in [0.4, 0.5) is 0 Å². The highest BCUT2D eigenvalue weighted by Crippen LogP contribution is 2.27. The molecule has 1 heterocycles. The van der Waals surface area contributed by atoms with Crippen LogP contribution < -0.4 is 0 Å². The predicted octanol–water partition coefficient (Wildman–Crippen LogP) is 3.40. The van der Waals surface area contributed by atoms with Crippen LogP contribution in [-0.4, -0.2) is 29.3 Å². The van der Waals surface area contributed by atoms with Gasteiger partial charge in [0.15, 0.2) is 0 Å². The normalized spacial score (nSPS) is 10.6. The summed E-state index contributed by atoms with van der Waals surface area (Å²) in [7, 11) is 1.57. The van der Waals surface area contributed by atoms with Gasteiger partial charge in [-0.2, -0.15) is 0 Å². The summed E-state index contributed by atoms with van der Waals surface area (Å²) in [5.41, 5.74) is 1.69. The zero-order valence-corrected chi connectivity index (χ0v) is 12.8. The van der Waals surface area contributed by atoms with E-state index in [1.54, 1.807) is 48.2 Å². The fourth-order valence-corrected chi connectivity index (χ4v) is 2.27. The Balaban J connectivity index is 2.50. The molecule has 0 atom stereocenters. The van der Waals surface area contributed by atoms with E-state index in [1.807, 2.05) is 0 Å². The van der Waals surface area contributed by atoms with Gasteiger partial charge in [-0.1, -0.05) is 23.7 Å². The summed E-state index contributed by atoms with van der Waals surface area (Å²) < 4.78 is 6.67. The van der Waals surface area contributed by atoms with Crippen molar-refractivity contribution in [3.05, 3.63) is 47.2 Å². The van der Waals surface area contributed by atoms with Gasteiger partial charge >= 0.3 is 0 Å². The van der Waals surface area contributed by atoms with E-state index in [9.17, 15) is 9.59 Å². The van der Waals surface area contributed by atoms with E-state index < -0.39 is 11.0 Å². The zero-order valence-electron chi connectivity index (χ0n) is 11.3. The van der Waals surface area contributed by atoms with Crippen molar-refractivity contribution in [3.63, 3.8) is 0 Å². The second kappa shape index (κ2) is 6.89. The summed E-state index contributed by atoms with van der Waals surface area (Å²) in [6.07, 6.45) is 1.73. The minimum absolute atomic E-state index is 0.259. The van der Waals surface area contributed by atoms with E-state index in [0.717, 1.165) is 5.56 Å².